The standard InChI is InChI=1S/C25H32N6O3/c1-30(24-28-19-14-21(34-3)20(33-2)13-18(19)23(27)29-24)16-25(17-7-5-4-6-8-17)9-11-31(12-10-25)22(32)15-26/h4-8,13-14H,9-12,15-16,26H2,1-3H3,(H2,27,28,29). The molecule has 0 aliphatic carbocycles. The van der Waals surface area contributed by atoms with E-state index in [1.807, 2.05) is 29.0 Å². The minimum Gasteiger partial charge on any atom is -0.493 e. The smallest absolute Gasteiger partial charge is 0.236 e. The molecule has 1 fully saturated rings. The molecule has 9 nitrogen and oxygen atoms in total. The zero-order chi connectivity index (χ0) is 24.3. The topological polar surface area (TPSA) is 120 Å². The Balaban J connectivity index is 1.67. The molecular formula is C25H32N6O3. The van der Waals surface area contributed by atoms with Gasteiger partial charge in [-0.3, -0.25) is 4.79 Å². The number of likely N-dealkylation sites (N-methyl/N-ethyl adjacent to an activating group) is 1. The molecular weight excluding hydrogens is 432 g/mol. The second-order valence-electron chi connectivity index (χ2n) is 8.72. The average molecular weight is 465 g/mol. The molecule has 1 amide bonds. The number of nitrogen functional groups attached to an aromatic ring is 1. The first-order valence-electron chi connectivity index (χ1n) is 11.3. The van der Waals surface area contributed by atoms with E-state index in [1.165, 1.54) is 5.56 Å². The fraction of sp³-hybridized carbons (Fsp3) is 0.400. The number of amides is 1. The molecule has 0 bridgehead atoms. The van der Waals surface area contributed by atoms with Crippen molar-refractivity contribution >= 4 is 28.6 Å². The monoisotopic (exact) mass is 464 g/mol. The molecule has 34 heavy (non-hydrogen) atoms. The maximum absolute atomic E-state index is 12.2. The predicted octanol–water partition coefficient (Wildman–Crippen LogP) is 2.18. The van der Waals surface area contributed by atoms with E-state index in [0.29, 0.717) is 53.8 Å². The third kappa shape index (κ3) is 4.43. The van der Waals surface area contributed by atoms with Crippen LogP contribution < -0.4 is 25.8 Å². The zero-order valence-corrected chi connectivity index (χ0v) is 20.0. The first kappa shape index (κ1) is 23.6. The lowest BCUT2D eigenvalue weighted by atomic mass is 9.72. The van der Waals surface area contributed by atoms with E-state index < -0.39 is 0 Å². The fourth-order valence-electron chi connectivity index (χ4n) is 4.81. The van der Waals surface area contributed by atoms with Crippen molar-refractivity contribution < 1.29 is 14.3 Å². The number of ether oxygens (including phenoxy) is 2. The maximum atomic E-state index is 12.2. The van der Waals surface area contributed by atoms with Gasteiger partial charge < -0.3 is 30.7 Å². The van der Waals surface area contributed by atoms with Crippen LogP contribution in [-0.4, -0.2) is 68.2 Å². The molecule has 0 saturated carbocycles. The second kappa shape index (κ2) is 9.72. The number of fused-ring (bicyclic) bond motifs is 1. The summed E-state index contributed by atoms with van der Waals surface area (Å²) in [6, 6.07) is 14.0. The molecule has 4 rings (SSSR count). The molecule has 1 saturated heterocycles. The summed E-state index contributed by atoms with van der Waals surface area (Å²) >= 11 is 0. The van der Waals surface area contributed by atoms with Crippen molar-refractivity contribution in [2.75, 3.05) is 58.1 Å². The van der Waals surface area contributed by atoms with Gasteiger partial charge in [-0.1, -0.05) is 30.3 Å². The molecule has 1 aliphatic rings. The summed E-state index contributed by atoms with van der Waals surface area (Å²) in [5.41, 5.74) is 13.7. The van der Waals surface area contributed by atoms with Gasteiger partial charge in [-0.2, -0.15) is 4.98 Å². The number of methoxy groups -OCH3 is 2. The summed E-state index contributed by atoms with van der Waals surface area (Å²) < 4.78 is 10.8. The summed E-state index contributed by atoms with van der Waals surface area (Å²) in [4.78, 5) is 25.4. The van der Waals surface area contributed by atoms with Crippen molar-refractivity contribution in [2.45, 2.75) is 18.3 Å². The SMILES string of the molecule is COc1cc2nc(N(C)CC3(c4ccccc4)CCN(C(=O)CN)CC3)nc(N)c2cc1OC. The van der Waals surface area contributed by atoms with Crippen LogP contribution in [0.1, 0.15) is 18.4 Å². The third-order valence-electron chi connectivity index (χ3n) is 6.73. The van der Waals surface area contributed by atoms with Crippen LogP contribution in [0.3, 0.4) is 0 Å². The van der Waals surface area contributed by atoms with Gasteiger partial charge in [-0.15, -0.1) is 0 Å². The van der Waals surface area contributed by atoms with Crippen LogP contribution in [0.15, 0.2) is 42.5 Å². The number of aromatic nitrogens is 2. The van der Waals surface area contributed by atoms with Crippen molar-refractivity contribution in [1.82, 2.24) is 14.9 Å². The largest absolute Gasteiger partial charge is 0.493 e. The Hall–Kier alpha value is -3.59. The molecule has 180 valence electrons. The van der Waals surface area contributed by atoms with Gasteiger partial charge in [0.25, 0.3) is 0 Å². The summed E-state index contributed by atoms with van der Waals surface area (Å²) in [5.74, 6) is 2.07. The molecule has 0 spiro atoms. The van der Waals surface area contributed by atoms with E-state index in [1.54, 1.807) is 20.3 Å². The number of carbonyl (C=O) groups excluding carboxylic acids is 1. The molecule has 0 unspecified atom stereocenters. The molecule has 2 heterocycles. The van der Waals surface area contributed by atoms with E-state index in [2.05, 4.69) is 29.2 Å². The van der Waals surface area contributed by atoms with Gasteiger partial charge in [0, 0.05) is 43.5 Å². The Bertz CT molecular complexity index is 1160. The number of anilines is 2. The zero-order valence-electron chi connectivity index (χ0n) is 20.0. The minimum absolute atomic E-state index is 0.00923. The lowest BCUT2D eigenvalue weighted by molar-refractivity contribution is -0.131. The number of likely N-dealkylation sites (tertiary alicyclic amines) is 1. The fourth-order valence-corrected chi connectivity index (χ4v) is 4.81. The van der Waals surface area contributed by atoms with Crippen molar-refractivity contribution in [3.8, 4) is 11.5 Å². The first-order valence-corrected chi connectivity index (χ1v) is 11.3. The van der Waals surface area contributed by atoms with Gasteiger partial charge in [0.05, 0.1) is 26.3 Å². The van der Waals surface area contributed by atoms with Gasteiger partial charge in [-0.05, 0) is 24.5 Å². The van der Waals surface area contributed by atoms with Crippen molar-refractivity contribution in [3.05, 3.63) is 48.0 Å². The first-order chi connectivity index (χ1) is 16.4. The van der Waals surface area contributed by atoms with E-state index in [0.717, 1.165) is 12.8 Å². The number of hydrogen-bond acceptors (Lipinski definition) is 8. The molecule has 0 atom stereocenters. The van der Waals surface area contributed by atoms with Crippen LogP contribution in [0, 0.1) is 0 Å². The lowest BCUT2D eigenvalue weighted by Gasteiger charge is -2.44. The maximum Gasteiger partial charge on any atom is 0.236 e. The highest BCUT2D eigenvalue weighted by Crippen LogP contribution is 2.38. The number of rotatable bonds is 7. The van der Waals surface area contributed by atoms with Crippen LogP contribution in [0.4, 0.5) is 11.8 Å². The number of nitrogens with zero attached hydrogens (tertiary/aromatic N) is 4. The predicted molar refractivity (Wildman–Crippen MR) is 133 cm³/mol. The van der Waals surface area contributed by atoms with Crippen molar-refractivity contribution in [1.29, 1.82) is 0 Å². The average Bonchev–Trinajstić information content (AvgIpc) is 2.88. The van der Waals surface area contributed by atoms with Gasteiger partial charge >= 0.3 is 0 Å². The highest BCUT2D eigenvalue weighted by Gasteiger charge is 2.38. The normalized spacial score (nSPS) is 15.2. The minimum atomic E-state index is -0.161. The van der Waals surface area contributed by atoms with Gasteiger partial charge in [0.2, 0.25) is 11.9 Å². The van der Waals surface area contributed by atoms with Crippen LogP contribution in [0.5, 0.6) is 11.5 Å². The van der Waals surface area contributed by atoms with Crippen LogP contribution in [0.2, 0.25) is 0 Å². The summed E-state index contributed by atoms with van der Waals surface area (Å²) in [5, 5.41) is 0.709. The highest BCUT2D eigenvalue weighted by atomic mass is 16.5. The number of hydrogen-bond donors (Lipinski definition) is 2. The molecule has 9 heteroatoms. The van der Waals surface area contributed by atoms with Crippen LogP contribution in [0.25, 0.3) is 10.9 Å². The number of carbonyl (C=O) groups is 1. The highest BCUT2D eigenvalue weighted by molar-refractivity contribution is 5.91. The van der Waals surface area contributed by atoms with Gasteiger partial charge in [-0.25, -0.2) is 4.98 Å². The van der Waals surface area contributed by atoms with Crippen LogP contribution in [-0.2, 0) is 10.2 Å². The van der Waals surface area contributed by atoms with E-state index in [4.69, 9.17) is 25.9 Å². The van der Waals surface area contributed by atoms with Crippen molar-refractivity contribution in [3.63, 3.8) is 0 Å². The van der Waals surface area contributed by atoms with E-state index >= 15 is 0 Å². The summed E-state index contributed by atoms with van der Waals surface area (Å²) in [6.45, 7) is 2.05. The molecule has 4 N–H and O–H groups in total. The van der Waals surface area contributed by atoms with E-state index in [-0.39, 0.29) is 17.9 Å². The number of benzene rings is 2. The summed E-state index contributed by atoms with van der Waals surface area (Å²) in [6.07, 6.45) is 1.64. The van der Waals surface area contributed by atoms with Crippen molar-refractivity contribution in [2.24, 2.45) is 5.73 Å². The quantitative estimate of drug-likeness (QED) is 0.546. The second-order valence-corrected chi connectivity index (χ2v) is 8.72. The Kier molecular flexibility index (Phi) is 6.74. The molecule has 1 aliphatic heterocycles. The van der Waals surface area contributed by atoms with Gasteiger partial charge in [0.15, 0.2) is 11.5 Å². The Morgan fingerprint density at radius 3 is 2.35 bits per heavy atom. The summed E-state index contributed by atoms with van der Waals surface area (Å²) in [7, 11) is 5.15. The molecule has 0 radical (unpaired) electrons. The Labute approximate surface area is 199 Å². The Morgan fingerprint density at radius 2 is 1.74 bits per heavy atom. The Morgan fingerprint density at radius 1 is 1.09 bits per heavy atom. The third-order valence-corrected chi connectivity index (χ3v) is 6.73. The van der Waals surface area contributed by atoms with E-state index in [9.17, 15) is 4.79 Å². The molecule has 3 aromatic rings. The lowest BCUT2D eigenvalue weighted by Crippen LogP contribution is -2.51. The number of piperidine rings is 1. The number of nitrogens with two attached hydrogens (primary N) is 2. The molecule has 1 aromatic heterocycles. The van der Waals surface area contributed by atoms with Crippen LogP contribution >= 0.6 is 0 Å². The molecule has 2 aromatic carbocycles. The van der Waals surface area contributed by atoms with Gasteiger partial charge in [0.1, 0.15) is 5.82 Å².